The van der Waals surface area contributed by atoms with Gasteiger partial charge in [-0.2, -0.15) is 0 Å². The summed E-state index contributed by atoms with van der Waals surface area (Å²) in [5, 5.41) is 3.22. The summed E-state index contributed by atoms with van der Waals surface area (Å²) in [6.45, 7) is 1.79. The van der Waals surface area contributed by atoms with Gasteiger partial charge in [0.25, 0.3) is 0 Å². The minimum atomic E-state index is -0.444. The van der Waals surface area contributed by atoms with Crippen LogP contribution >= 0.6 is 11.6 Å². The summed E-state index contributed by atoms with van der Waals surface area (Å²) in [5.41, 5.74) is 0. The molecule has 1 aromatic carbocycles. The monoisotopic (exact) mass is 269 g/mol. The van der Waals surface area contributed by atoms with Crippen LogP contribution in [0.25, 0.3) is 0 Å². The van der Waals surface area contributed by atoms with Crippen molar-refractivity contribution in [3.63, 3.8) is 0 Å². The normalized spacial score (nSPS) is 10.6. The standard InChI is InChI=1S/C13H13ClFNO2/c14-12-8-10(3-4-13(12)15)18-7-5-16-9-11-2-1-6-17-11/h1-4,6,8,16H,5,7,9H2. The largest absolute Gasteiger partial charge is 0.492 e. The maximum Gasteiger partial charge on any atom is 0.142 e. The van der Waals surface area contributed by atoms with E-state index in [1.54, 1.807) is 12.3 Å². The van der Waals surface area contributed by atoms with Gasteiger partial charge in [0.15, 0.2) is 0 Å². The highest BCUT2D eigenvalue weighted by atomic mass is 35.5. The van der Waals surface area contributed by atoms with Gasteiger partial charge in [0, 0.05) is 12.6 Å². The molecule has 0 saturated carbocycles. The smallest absolute Gasteiger partial charge is 0.142 e. The molecule has 1 aromatic heterocycles. The molecule has 0 atom stereocenters. The van der Waals surface area contributed by atoms with Gasteiger partial charge in [-0.25, -0.2) is 4.39 Å². The van der Waals surface area contributed by atoms with Gasteiger partial charge in [-0.3, -0.25) is 0 Å². The van der Waals surface area contributed by atoms with Crippen LogP contribution < -0.4 is 10.1 Å². The minimum absolute atomic E-state index is 0.0658. The average molecular weight is 270 g/mol. The van der Waals surface area contributed by atoms with Crippen molar-refractivity contribution in [1.82, 2.24) is 5.32 Å². The van der Waals surface area contributed by atoms with Gasteiger partial charge in [0.1, 0.15) is 23.9 Å². The van der Waals surface area contributed by atoms with Crippen molar-refractivity contribution in [2.75, 3.05) is 13.2 Å². The molecular formula is C13H13ClFNO2. The number of hydrogen-bond acceptors (Lipinski definition) is 3. The summed E-state index contributed by atoms with van der Waals surface area (Å²) in [7, 11) is 0. The van der Waals surface area contributed by atoms with Crippen LogP contribution in [0.3, 0.4) is 0 Å². The van der Waals surface area contributed by atoms with E-state index in [1.165, 1.54) is 12.1 Å². The third-order valence-electron chi connectivity index (χ3n) is 2.32. The van der Waals surface area contributed by atoms with E-state index in [0.717, 1.165) is 5.76 Å². The maximum atomic E-state index is 12.9. The van der Waals surface area contributed by atoms with Crippen molar-refractivity contribution in [1.29, 1.82) is 0 Å². The van der Waals surface area contributed by atoms with E-state index in [1.807, 2.05) is 12.1 Å². The highest BCUT2D eigenvalue weighted by molar-refractivity contribution is 6.30. The van der Waals surface area contributed by atoms with E-state index >= 15 is 0 Å². The second-order valence-electron chi connectivity index (χ2n) is 3.68. The first-order chi connectivity index (χ1) is 8.75. The molecule has 2 aromatic rings. The second kappa shape index (κ2) is 6.42. The predicted octanol–water partition coefficient (Wildman–Crippen LogP) is 3.24. The molecule has 96 valence electrons. The van der Waals surface area contributed by atoms with Crippen LogP contribution in [0.4, 0.5) is 4.39 Å². The quantitative estimate of drug-likeness (QED) is 0.818. The number of halogens is 2. The van der Waals surface area contributed by atoms with Crippen LogP contribution in [-0.2, 0) is 6.54 Å². The Morgan fingerprint density at radius 2 is 2.22 bits per heavy atom. The first-order valence-corrected chi connectivity index (χ1v) is 5.94. The summed E-state index contributed by atoms with van der Waals surface area (Å²) in [5.74, 6) is 0.987. The molecule has 0 bridgehead atoms. The number of hydrogen-bond donors (Lipinski definition) is 1. The Labute approximate surface area is 110 Å². The molecule has 0 amide bonds. The number of benzene rings is 1. The lowest BCUT2D eigenvalue weighted by atomic mass is 10.3. The van der Waals surface area contributed by atoms with Gasteiger partial charge >= 0.3 is 0 Å². The SMILES string of the molecule is Fc1ccc(OCCNCc2ccco2)cc1Cl. The first kappa shape index (κ1) is 12.9. The number of ether oxygens (including phenoxy) is 1. The highest BCUT2D eigenvalue weighted by Gasteiger charge is 2.01. The van der Waals surface area contributed by atoms with E-state index < -0.39 is 5.82 Å². The van der Waals surface area contributed by atoms with Crippen LogP contribution in [0.2, 0.25) is 5.02 Å². The van der Waals surface area contributed by atoms with Crippen LogP contribution in [0, 0.1) is 5.82 Å². The van der Waals surface area contributed by atoms with E-state index in [4.69, 9.17) is 20.8 Å². The molecule has 2 rings (SSSR count). The molecule has 0 aliphatic heterocycles. The summed E-state index contributed by atoms with van der Waals surface area (Å²) >= 11 is 5.64. The Hall–Kier alpha value is -1.52. The zero-order chi connectivity index (χ0) is 12.8. The fourth-order valence-corrected chi connectivity index (χ4v) is 1.60. The molecule has 3 nitrogen and oxygen atoms in total. The summed E-state index contributed by atoms with van der Waals surface area (Å²) in [6, 6.07) is 8.03. The minimum Gasteiger partial charge on any atom is -0.492 e. The van der Waals surface area contributed by atoms with Crippen molar-refractivity contribution in [2.24, 2.45) is 0 Å². The molecule has 0 fully saturated rings. The number of rotatable bonds is 6. The molecule has 5 heteroatoms. The van der Waals surface area contributed by atoms with Gasteiger partial charge in [-0.15, -0.1) is 0 Å². The Morgan fingerprint density at radius 3 is 2.94 bits per heavy atom. The molecule has 1 heterocycles. The fraction of sp³-hybridized carbons (Fsp3) is 0.231. The highest BCUT2D eigenvalue weighted by Crippen LogP contribution is 2.20. The predicted molar refractivity (Wildman–Crippen MR) is 67.3 cm³/mol. The van der Waals surface area contributed by atoms with E-state index in [2.05, 4.69) is 5.32 Å². The Kier molecular flexibility index (Phi) is 4.61. The lowest BCUT2D eigenvalue weighted by Crippen LogP contribution is -2.20. The summed E-state index contributed by atoms with van der Waals surface area (Å²) in [4.78, 5) is 0. The van der Waals surface area contributed by atoms with E-state index in [0.29, 0.717) is 25.4 Å². The van der Waals surface area contributed by atoms with Crippen molar-refractivity contribution in [3.05, 3.63) is 53.2 Å². The molecule has 18 heavy (non-hydrogen) atoms. The Morgan fingerprint density at radius 1 is 1.33 bits per heavy atom. The van der Waals surface area contributed by atoms with Crippen LogP contribution in [-0.4, -0.2) is 13.2 Å². The summed E-state index contributed by atoms with van der Waals surface area (Å²) in [6.07, 6.45) is 1.63. The molecule has 0 unspecified atom stereocenters. The zero-order valence-electron chi connectivity index (χ0n) is 9.66. The molecule has 0 spiro atoms. The van der Waals surface area contributed by atoms with Crippen LogP contribution in [0.15, 0.2) is 41.0 Å². The van der Waals surface area contributed by atoms with Gasteiger partial charge in [0.05, 0.1) is 17.8 Å². The lowest BCUT2D eigenvalue weighted by molar-refractivity contribution is 0.310. The number of nitrogens with one attached hydrogen (secondary N) is 1. The fourth-order valence-electron chi connectivity index (χ4n) is 1.43. The third-order valence-corrected chi connectivity index (χ3v) is 2.61. The molecule has 0 radical (unpaired) electrons. The zero-order valence-corrected chi connectivity index (χ0v) is 10.4. The van der Waals surface area contributed by atoms with Gasteiger partial charge in [-0.1, -0.05) is 11.6 Å². The van der Waals surface area contributed by atoms with Crippen LogP contribution in [0.5, 0.6) is 5.75 Å². The molecule has 0 aliphatic carbocycles. The Bertz CT molecular complexity index is 488. The topological polar surface area (TPSA) is 34.4 Å². The molecular weight excluding hydrogens is 257 g/mol. The lowest BCUT2D eigenvalue weighted by Gasteiger charge is -2.07. The molecule has 0 aliphatic rings. The maximum absolute atomic E-state index is 12.9. The molecule has 1 N–H and O–H groups in total. The first-order valence-electron chi connectivity index (χ1n) is 5.56. The van der Waals surface area contributed by atoms with Crippen LogP contribution in [0.1, 0.15) is 5.76 Å². The Balaban J connectivity index is 1.67. The van der Waals surface area contributed by atoms with Crippen molar-refractivity contribution in [2.45, 2.75) is 6.54 Å². The second-order valence-corrected chi connectivity index (χ2v) is 4.09. The van der Waals surface area contributed by atoms with Crippen molar-refractivity contribution < 1.29 is 13.5 Å². The van der Waals surface area contributed by atoms with Gasteiger partial charge < -0.3 is 14.5 Å². The number of furan rings is 1. The van der Waals surface area contributed by atoms with Crippen molar-refractivity contribution >= 4 is 11.6 Å². The van der Waals surface area contributed by atoms with E-state index in [-0.39, 0.29) is 5.02 Å². The van der Waals surface area contributed by atoms with E-state index in [9.17, 15) is 4.39 Å². The summed E-state index contributed by atoms with van der Waals surface area (Å²) < 4.78 is 23.5. The van der Waals surface area contributed by atoms with Gasteiger partial charge in [0.2, 0.25) is 0 Å². The molecule has 0 saturated heterocycles. The van der Waals surface area contributed by atoms with Gasteiger partial charge in [-0.05, 0) is 24.3 Å². The average Bonchev–Trinajstić information content (AvgIpc) is 2.86. The van der Waals surface area contributed by atoms with Crippen molar-refractivity contribution in [3.8, 4) is 5.75 Å². The third kappa shape index (κ3) is 3.75.